The molecule has 0 aliphatic carbocycles. The summed E-state index contributed by atoms with van der Waals surface area (Å²) in [5.74, 6) is -1.04. The average molecular weight is 526 g/mol. The number of β-lactam (4-membered cyclic amide) rings is 1. The molecule has 1 fully saturated rings. The second-order valence-electron chi connectivity index (χ2n) is 8.28. The van der Waals surface area contributed by atoms with E-state index in [2.05, 4.69) is 0 Å². The average Bonchev–Trinajstić information content (AvgIpc) is 3.42. The van der Waals surface area contributed by atoms with E-state index in [4.69, 9.17) is 32.7 Å². The van der Waals surface area contributed by atoms with Gasteiger partial charge in [0.15, 0.2) is 11.5 Å². The molecule has 0 N–H and O–H groups in total. The van der Waals surface area contributed by atoms with Crippen molar-refractivity contribution < 1.29 is 28.8 Å². The number of non-ortho nitro benzene ring substituents is 1. The van der Waals surface area contributed by atoms with E-state index in [-0.39, 0.29) is 28.6 Å². The lowest BCUT2D eigenvalue weighted by molar-refractivity contribution is -0.384. The highest BCUT2D eigenvalue weighted by atomic mass is 35.5. The summed E-state index contributed by atoms with van der Waals surface area (Å²) in [6, 6.07) is 11.2. The van der Waals surface area contributed by atoms with Crippen molar-refractivity contribution >= 4 is 52.3 Å². The van der Waals surface area contributed by atoms with Crippen molar-refractivity contribution in [3.63, 3.8) is 0 Å². The molecule has 3 aliphatic rings. The number of ether oxygens (including phenoxy) is 2. The van der Waals surface area contributed by atoms with Crippen LogP contribution in [0.3, 0.4) is 0 Å². The van der Waals surface area contributed by atoms with Gasteiger partial charge in [0.1, 0.15) is 6.04 Å². The molecule has 0 aromatic heterocycles. The van der Waals surface area contributed by atoms with E-state index >= 15 is 0 Å². The summed E-state index contributed by atoms with van der Waals surface area (Å²) in [7, 11) is 0. The van der Waals surface area contributed by atoms with Crippen LogP contribution in [0.4, 0.5) is 11.4 Å². The summed E-state index contributed by atoms with van der Waals surface area (Å²) in [6.45, 7) is 0.0412. The Morgan fingerprint density at radius 3 is 2.31 bits per heavy atom. The van der Waals surface area contributed by atoms with Crippen molar-refractivity contribution in [3.05, 3.63) is 91.4 Å². The SMILES string of the molecule is O=C1c2ccc([N+](=O)[O-])cc2C(=O)N1[C@H]1C(=O)N(c2ccc(Cl)c(Cl)c2)[C@@H]1c1ccc2c(c1)OCO2. The molecule has 3 aliphatic heterocycles. The van der Waals surface area contributed by atoms with Crippen molar-refractivity contribution in [2.45, 2.75) is 12.1 Å². The van der Waals surface area contributed by atoms with E-state index in [0.29, 0.717) is 27.8 Å². The summed E-state index contributed by atoms with van der Waals surface area (Å²) in [5, 5.41) is 11.7. The Morgan fingerprint density at radius 1 is 0.806 bits per heavy atom. The minimum absolute atomic E-state index is 0.00387. The molecule has 12 heteroatoms. The van der Waals surface area contributed by atoms with Gasteiger partial charge in [0.25, 0.3) is 23.4 Å². The Bertz CT molecular complexity index is 1530. The van der Waals surface area contributed by atoms with Crippen molar-refractivity contribution in [3.8, 4) is 11.5 Å². The van der Waals surface area contributed by atoms with Gasteiger partial charge in [-0.15, -0.1) is 0 Å². The first kappa shape index (κ1) is 22.3. The van der Waals surface area contributed by atoms with E-state index in [0.717, 1.165) is 17.0 Å². The molecule has 3 heterocycles. The highest BCUT2D eigenvalue weighted by molar-refractivity contribution is 6.42. The minimum Gasteiger partial charge on any atom is -0.454 e. The second kappa shape index (κ2) is 7.94. The third kappa shape index (κ3) is 3.15. The summed E-state index contributed by atoms with van der Waals surface area (Å²) < 4.78 is 10.8. The predicted octanol–water partition coefficient (Wildman–Crippen LogP) is 4.38. The Morgan fingerprint density at radius 2 is 1.56 bits per heavy atom. The summed E-state index contributed by atoms with van der Waals surface area (Å²) in [4.78, 5) is 52.9. The Kier molecular flexibility index (Phi) is 4.92. The lowest BCUT2D eigenvalue weighted by Crippen LogP contribution is -2.67. The standard InChI is InChI=1S/C24H13Cl2N3O7/c25-16-5-3-12(9-17(16)26)27-20(11-1-6-18-19(7-11)36-10-35-18)21(24(27)32)28-22(30)14-4-2-13(29(33)34)8-15(14)23(28)31/h1-9,20-21H,10H2/t20-,21-/m1/s1. The molecule has 6 rings (SSSR count). The van der Waals surface area contributed by atoms with Gasteiger partial charge in [0.05, 0.1) is 32.1 Å². The Labute approximate surface area is 212 Å². The zero-order valence-corrected chi connectivity index (χ0v) is 19.5. The molecule has 36 heavy (non-hydrogen) atoms. The van der Waals surface area contributed by atoms with E-state index in [9.17, 15) is 24.5 Å². The van der Waals surface area contributed by atoms with E-state index in [1.807, 2.05) is 0 Å². The first-order chi connectivity index (χ1) is 17.3. The number of amides is 3. The van der Waals surface area contributed by atoms with Crippen LogP contribution in [-0.4, -0.2) is 40.4 Å². The normalized spacial score (nSPS) is 20.0. The van der Waals surface area contributed by atoms with Crippen LogP contribution in [0.15, 0.2) is 54.6 Å². The molecule has 0 radical (unpaired) electrons. The van der Waals surface area contributed by atoms with Gasteiger partial charge < -0.3 is 14.4 Å². The number of carbonyl (C=O) groups is 3. The molecule has 3 aromatic carbocycles. The van der Waals surface area contributed by atoms with Crippen molar-refractivity contribution in [1.82, 2.24) is 4.90 Å². The van der Waals surface area contributed by atoms with Gasteiger partial charge in [0.2, 0.25) is 6.79 Å². The van der Waals surface area contributed by atoms with Gasteiger partial charge >= 0.3 is 0 Å². The quantitative estimate of drug-likeness (QED) is 0.214. The molecule has 1 saturated heterocycles. The zero-order valence-electron chi connectivity index (χ0n) is 18.0. The van der Waals surface area contributed by atoms with Gasteiger partial charge in [-0.1, -0.05) is 29.3 Å². The molecule has 0 bridgehead atoms. The number of benzene rings is 3. The number of hydrogen-bond donors (Lipinski definition) is 0. The maximum Gasteiger partial charge on any atom is 0.270 e. The van der Waals surface area contributed by atoms with Crippen LogP contribution < -0.4 is 14.4 Å². The first-order valence-electron chi connectivity index (χ1n) is 10.6. The van der Waals surface area contributed by atoms with Gasteiger partial charge in [-0.05, 0) is 42.0 Å². The molecule has 10 nitrogen and oxygen atoms in total. The summed E-state index contributed by atoms with van der Waals surface area (Å²) in [5.41, 5.74) is 0.537. The number of imide groups is 1. The molecule has 180 valence electrons. The highest BCUT2D eigenvalue weighted by Gasteiger charge is 2.57. The third-order valence-corrected chi connectivity index (χ3v) is 7.12. The van der Waals surface area contributed by atoms with Crippen LogP contribution in [0, 0.1) is 10.1 Å². The predicted molar refractivity (Wildman–Crippen MR) is 127 cm³/mol. The van der Waals surface area contributed by atoms with Gasteiger partial charge in [-0.2, -0.15) is 0 Å². The fourth-order valence-electron chi connectivity index (χ4n) is 4.69. The maximum atomic E-state index is 13.5. The smallest absolute Gasteiger partial charge is 0.270 e. The minimum atomic E-state index is -1.20. The Balaban J connectivity index is 1.44. The number of hydrogen-bond acceptors (Lipinski definition) is 7. The summed E-state index contributed by atoms with van der Waals surface area (Å²) in [6.07, 6.45) is 0. The number of nitro benzene ring substituents is 1. The second-order valence-corrected chi connectivity index (χ2v) is 9.09. The molecule has 0 unspecified atom stereocenters. The molecule has 0 spiro atoms. The van der Waals surface area contributed by atoms with Crippen LogP contribution >= 0.6 is 23.2 Å². The van der Waals surface area contributed by atoms with Crippen molar-refractivity contribution in [2.75, 3.05) is 11.7 Å². The number of rotatable bonds is 4. The molecular formula is C24H13Cl2N3O7. The van der Waals surface area contributed by atoms with E-state index in [1.54, 1.807) is 24.3 Å². The molecule has 3 amide bonds. The Hall–Kier alpha value is -4.15. The van der Waals surface area contributed by atoms with Gasteiger partial charge in [-0.25, -0.2) is 0 Å². The van der Waals surface area contributed by atoms with Crippen LogP contribution in [0.1, 0.15) is 32.3 Å². The van der Waals surface area contributed by atoms with E-state index in [1.165, 1.54) is 23.1 Å². The van der Waals surface area contributed by atoms with E-state index < -0.39 is 34.7 Å². The maximum absolute atomic E-state index is 13.5. The number of nitrogens with zero attached hydrogens (tertiary/aromatic N) is 3. The number of anilines is 1. The number of carbonyl (C=O) groups excluding carboxylic acids is 3. The number of nitro groups is 1. The van der Waals surface area contributed by atoms with Gasteiger partial charge in [-0.3, -0.25) is 29.4 Å². The molecule has 3 aromatic rings. The highest BCUT2D eigenvalue weighted by Crippen LogP contribution is 2.47. The topological polar surface area (TPSA) is 119 Å². The fraction of sp³-hybridized carbons (Fsp3) is 0.125. The van der Waals surface area contributed by atoms with Crippen molar-refractivity contribution in [1.29, 1.82) is 0 Å². The lowest BCUT2D eigenvalue weighted by atomic mass is 9.86. The third-order valence-electron chi connectivity index (χ3n) is 6.38. The fourth-order valence-corrected chi connectivity index (χ4v) is 4.98. The monoisotopic (exact) mass is 525 g/mol. The lowest BCUT2D eigenvalue weighted by Gasteiger charge is -2.49. The summed E-state index contributed by atoms with van der Waals surface area (Å²) >= 11 is 12.2. The largest absolute Gasteiger partial charge is 0.454 e. The van der Waals surface area contributed by atoms with Crippen LogP contribution in [0.2, 0.25) is 10.0 Å². The van der Waals surface area contributed by atoms with Crippen LogP contribution in [0.5, 0.6) is 11.5 Å². The molecule has 0 saturated carbocycles. The van der Waals surface area contributed by atoms with Gasteiger partial charge in [0, 0.05) is 17.8 Å². The zero-order chi connectivity index (χ0) is 25.3. The molecule has 2 atom stereocenters. The molecular weight excluding hydrogens is 513 g/mol. The van der Waals surface area contributed by atoms with Crippen LogP contribution in [0.25, 0.3) is 0 Å². The van der Waals surface area contributed by atoms with Crippen molar-refractivity contribution in [2.24, 2.45) is 0 Å². The number of fused-ring (bicyclic) bond motifs is 2. The van der Waals surface area contributed by atoms with Crippen LogP contribution in [-0.2, 0) is 4.79 Å². The number of halogens is 2. The first-order valence-corrected chi connectivity index (χ1v) is 11.4.